The van der Waals surface area contributed by atoms with Gasteiger partial charge >= 0.3 is 0 Å². The van der Waals surface area contributed by atoms with Crippen LogP contribution in [0.1, 0.15) is 47.2 Å². The van der Waals surface area contributed by atoms with Crippen molar-refractivity contribution in [3.8, 4) is 0 Å². The number of pyridine rings is 1. The van der Waals surface area contributed by atoms with E-state index in [1.165, 1.54) is 0 Å². The smallest absolute Gasteiger partial charge is 0.274 e. The van der Waals surface area contributed by atoms with E-state index in [0.29, 0.717) is 25.2 Å². The summed E-state index contributed by atoms with van der Waals surface area (Å²) in [6.07, 6.45) is 2.54. The van der Waals surface area contributed by atoms with Gasteiger partial charge in [0.05, 0.1) is 0 Å². The Balaban J connectivity index is 1.85. The van der Waals surface area contributed by atoms with E-state index in [2.05, 4.69) is 5.10 Å². The lowest BCUT2D eigenvalue weighted by Crippen LogP contribution is -2.37. The highest BCUT2D eigenvalue weighted by atomic mass is 16.2. The van der Waals surface area contributed by atoms with Gasteiger partial charge in [0.1, 0.15) is 0 Å². The zero-order valence-electron chi connectivity index (χ0n) is 14.0. The zero-order valence-corrected chi connectivity index (χ0v) is 14.0. The summed E-state index contributed by atoms with van der Waals surface area (Å²) in [5.41, 5.74) is 3.55. The summed E-state index contributed by atoms with van der Waals surface area (Å²) in [6.45, 7) is 7.20. The number of amides is 1. The number of aromatic nitrogens is 3. The Morgan fingerprint density at radius 1 is 1.26 bits per heavy atom. The maximum Gasteiger partial charge on any atom is 0.274 e. The van der Waals surface area contributed by atoms with E-state index < -0.39 is 0 Å². The topological polar surface area (TPSA) is 60.1 Å². The third-order valence-corrected chi connectivity index (χ3v) is 4.34. The maximum absolute atomic E-state index is 12.7. The molecule has 1 amide bonds. The summed E-state index contributed by atoms with van der Waals surface area (Å²) < 4.78 is 3.43. The third kappa shape index (κ3) is 2.81. The van der Waals surface area contributed by atoms with Gasteiger partial charge in [-0.15, -0.1) is 0 Å². The molecule has 2 aromatic heterocycles. The molecule has 0 unspecified atom stereocenters. The Bertz CT molecular complexity index is 816. The summed E-state index contributed by atoms with van der Waals surface area (Å²) in [7, 11) is 1.73. The molecule has 0 atom stereocenters. The molecule has 3 heterocycles. The molecule has 1 aliphatic heterocycles. The van der Waals surface area contributed by atoms with E-state index in [1.54, 1.807) is 22.6 Å². The van der Waals surface area contributed by atoms with Crippen LogP contribution in [0.15, 0.2) is 23.1 Å². The minimum absolute atomic E-state index is 0.00479. The van der Waals surface area contributed by atoms with E-state index in [9.17, 15) is 9.59 Å². The second-order valence-electron chi connectivity index (χ2n) is 6.46. The van der Waals surface area contributed by atoms with Crippen molar-refractivity contribution >= 4 is 5.91 Å². The first-order valence-electron chi connectivity index (χ1n) is 7.90. The fraction of sp³-hybridized carbons (Fsp3) is 0.471. The molecule has 122 valence electrons. The van der Waals surface area contributed by atoms with Crippen LogP contribution in [-0.2, 0) is 20.0 Å². The predicted octanol–water partition coefficient (Wildman–Crippen LogP) is 1.67. The minimum atomic E-state index is -0.0491. The number of hydrogen-bond acceptors (Lipinski definition) is 3. The quantitative estimate of drug-likeness (QED) is 0.847. The van der Waals surface area contributed by atoms with Crippen molar-refractivity contribution in [3.63, 3.8) is 0 Å². The molecular weight excluding hydrogens is 292 g/mol. The number of hydrogen-bond donors (Lipinski definition) is 0. The first-order valence-corrected chi connectivity index (χ1v) is 7.90. The number of aryl methyl sites for hydroxylation is 2. The molecule has 6 nitrogen and oxygen atoms in total. The van der Waals surface area contributed by atoms with Gasteiger partial charge in [0.2, 0.25) is 0 Å². The van der Waals surface area contributed by atoms with Gasteiger partial charge in [-0.3, -0.25) is 14.3 Å². The lowest BCUT2D eigenvalue weighted by Gasteiger charge is -2.28. The van der Waals surface area contributed by atoms with Gasteiger partial charge in [0.15, 0.2) is 5.69 Å². The molecule has 1 aliphatic rings. The lowest BCUT2D eigenvalue weighted by atomic mass is 10.0. The summed E-state index contributed by atoms with van der Waals surface area (Å²) in [6, 6.07) is 3.75. The van der Waals surface area contributed by atoms with Crippen LogP contribution in [0, 0.1) is 6.92 Å². The van der Waals surface area contributed by atoms with Gasteiger partial charge < -0.3 is 9.47 Å². The Kier molecular flexibility index (Phi) is 3.83. The second-order valence-corrected chi connectivity index (χ2v) is 6.46. The van der Waals surface area contributed by atoms with Gasteiger partial charge in [0.25, 0.3) is 11.5 Å². The summed E-state index contributed by atoms with van der Waals surface area (Å²) in [5.74, 6) is -0.0491. The van der Waals surface area contributed by atoms with Crippen LogP contribution in [0.5, 0.6) is 0 Å². The van der Waals surface area contributed by atoms with Crippen LogP contribution < -0.4 is 5.56 Å². The van der Waals surface area contributed by atoms with Crippen LogP contribution in [-0.4, -0.2) is 31.7 Å². The van der Waals surface area contributed by atoms with Gasteiger partial charge in [-0.2, -0.15) is 5.10 Å². The number of fused-ring (bicyclic) bond motifs is 1. The Hall–Kier alpha value is -2.37. The maximum atomic E-state index is 12.7. The van der Waals surface area contributed by atoms with Crippen LogP contribution in [0.4, 0.5) is 0 Å². The average molecular weight is 314 g/mol. The highest BCUT2D eigenvalue weighted by Crippen LogP contribution is 2.19. The number of nitrogens with zero attached hydrogens (tertiary/aromatic N) is 4. The highest BCUT2D eigenvalue weighted by Gasteiger charge is 2.25. The van der Waals surface area contributed by atoms with Crippen LogP contribution in [0.3, 0.4) is 0 Å². The first kappa shape index (κ1) is 15.5. The molecule has 0 bridgehead atoms. The molecule has 0 radical (unpaired) electrons. The van der Waals surface area contributed by atoms with Crippen LogP contribution in [0.2, 0.25) is 0 Å². The van der Waals surface area contributed by atoms with E-state index in [-0.39, 0.29) is 17.5 Å². The first-order chi connectivity index (χ1) is 10.9. The molecule has 0 N–H and O–H groups in total. The molecule has 0 spiro atoms. The van der Waals surface area contributed by atoms with Gasteiger partial charge in [0, 0.05) is 44.1 Å². The van der Waals surface area contributed by atoms with Crippen molar-refractivity contribution in [2.75, 3.05) is 6.54 Å². The largest absolute Gasteiger partial charge is 0.333 e. The van der Waals surface area contributed by atoms with E-state index in [0.717, 1.165) is 16.8 Å². The van der Waals surface area contributed by atoms with Gasteiger partial charge in [-0.25, -0.2) is 0 Å². The van der Waals surface area contributed by atoms with Gasteiger partial charge in [-0.1, -0.05) is 0 Å². The molecule has 0 saturated carbocycles. The third-order valence-electron chi connectivity index (χ3n) is 4.34. The van der Waals surface area contributed by atoms with Crippen LogP contribution in [0.25, 0.3) is 0 Å². The average Bonchev–Trinajstić information content (AvgIpc) is 2.89. The molecule has 0 aromatic carbocycles. The van der Waals surface area contributed by atoms with Crippen molar-refractivity contribution in [3.05, 3.63) is 51.2 Å². The fourth-order valence-electron chi connectivity index (χ4n) is 3.09. The van der Waals surface area contributed by atoms with Crippen molar-refractivity contribution in [2.45, 2.75) is 39.8 Å². The molecule has 6 heteroatoms. The number of carbonyl (C=O) groups excluding carboxylic acids is 1. The Morgan fingerprint density at radius 2 is 2.00 bits per heavy atom. The lowest BCUT2D eigenvalue weighted by molar-refractivity contribution is 0.0727. The molecule has 3 rings (SSSR count). The SMILES string of the molecule is Cc1cc(C(=O)N2CCc3cc(=O)n(C)cc3C2)nn1C(C)C. The Morgan fingerprint density at radius 3 is 2.65 bits per heavy atom. The zero-order chi connectivity index (χ0) is 16.7. The standard InChI is InChI=1S/C17H22N4O2/c1-11(2)21-12(3)7-15(18-21)17(23)20-6-5-13-8-16(22)19(4)9-14(13)10-20/h7-9,11H,5-6,10H2,1-4H3. The van der Waals surface area contributed by atoms with Crippen molar-refractivity contribution in [2.24, 2.45) is 7.05 Å². The van der Waals surface area contributed by atoms with E-state index in [4.69, 9.17) is 0 Å². The predicted molar refractivity (Wildman–Crippen MR) is 87.5 cm³/mol. The Labute approximate surface area is 135 Å². The highest BCUT2D eigenvalue weighted by molar-refractivity contribution is 5.92. The normalized spacial score (nSPS) is 14.2. The molecule has 23 heavy (non-hydrogen) atoms. The van der Waals surface area contributed by atoms with Crippen molar-refractivity contribution in [1.82, 2.24) is 19.2 Å². The van der Waals surface area contributed by atoms with Gasteiger partial charge in [-0.05, 0) is 44.4 Å². The summed E-state index contributed by atoms with van der Waals surface area (Å²) in [4.78, 5) is 26.2. The van der Waals surface area contributed by atoms with E-state index >= 15 is 0 Å². The monoisotopic (exact) mass is 314 g/mol. The van der Waals surface area contributed by atoms with Crippen molar-refractivity contribution in [1.29, 1.82) is 0 Å². The molecule has 0 fully saturated rings. The minimum Gasteiger partial charge on any atom is -0.333 e. The number of rotatable bonds is 2. The summed E-state index contributed by atoms with van der Waals surface area (Å²) in [5, 5.41) is 4.44. The molecule has 2 aromatic rings. The number of carbonyl (C=O) groups is 1. The van der Waals surface area contributed by atoms with E-state index in [1.807, 2.05) is 37.7 Å². The molecular formula is C17H22N4O2. The second kappa shape index (κ2) is 5.68. The summed E-state index contributed by atoms with van der Waals surface area (Å²) >= 11 is 0. The molecule has 0 saturated heterocycles. The van der Waals surface area contributed by atoms with Crippen LogP contribution >= 0.6 is 0 Å². The molecule has 0 aliphatic carbocycles. The van der Waals surface area contributed by atoms with Crippen molar-refractivity contribution < 1.29 is 4.79 Å². The fourth-order valence-corrected chi connectivity index (χ4v) is 3.09.